The number of thiocarbonyl (C=S) groups is 1. The van der Waals surface area contributed by atoms with E-state index in [0.717, 1.165) is 12.0 Å². The summed E-state index contributed by atoms with van der Waals surface area (Å²) >= 11 is 6.24. The van der Waals surface area contributed by atoms with Gasteiger partial charge in [0.1, 0.15) is 15.8 Å². The Hall–Kier alpha value is -3.24. The van der Waals surface area contributed by atoms with Gasteiger partial charge in [-0.2, -0.15) is 4.99 Å². The quantitative estimate of drug-likeness (QED) is 0.356. The monoisotopic (exact) mass is 554 g/mol. The molecular formula is C28H34N4O4S2. The molecule has 3 rings (SSSR count). The Morgan fingerprint density at radius 2 is 1.71 bits per heavy atom. The van der Waals surface area contributed by atoms with Crippen molar-refractivity contribution in [3.05, 3.63) is 71.3 Å². The van der Waals surface area contributed by atoms with Crippen molar-refractivity contribution in [3.63, 3.8) is 0 Å². The van der Waals surface area contributed by atoms with Crippen molar-refractivity contribution in [2.45, 2.75) is 57.4 Å². The summed E-state index contributed by atoms with van der Waals surface area (Å²) in [4.78, 5) is 44.7. The van der Waals surface area contributed by atoms with Gasteiger partial charge in [-0.3, -0.25) is 14.4 Å². The smallest absolute Gasteiger partial charge is 0.308 e. The van der Waals surface area contributed by atoms with Crippen LogP contribution in [-0.2, 0) is 20.7 Å². The van der Waals surface area contributed by atoms with E-state index in [2.05, 4.69) is 10.3 Å². The largest absolute Gasteiger partial charge is 0.460 e. The molecule has 202 valence electrons. The normalized spacial score (nSPS) is 18.3. The molecule has 1 aliphatic heterocycles. The highest BCUT2D eigenvalue weighted by Crippen LogP contribution is 2.32. The molecule has 2 aromatic carbocycles. The van der Waals surface area contributed by atoms with Gasteiger partial charge in [0.05, 0.1) is 6.42 Å². The summed E-state index contributed by atoms with van der Waals surface area (Å²) in [6, 6.07) is 16.4. The number of thioether (sulfide) groups is 1. The Morgan fingerprint density at radius 3 is 2.32 bits per heavy atom. The van der Waals surface area contributed by atoms with Gasteiger partial charge in [-0.1, -0.05) is 66.4 Å². The van der Waals surface area contributed by atoms with Crippen LogP contribution in [0.2, 0.25) is 0 Å². The molecule has 0 radical (unpaired) electrons. The molecule has 0 spiro atoms. The highest BCUT2D eigenvalue weighted by atomic mass is 32.2. The molecule has 0 bridgehead atoms. The van der Waals surface area contributed by atoms with Crippen molar-refractivity contribution < 1.29 is 19.1 Å². The molecular weight excluding hydrogens is 520 g/mol. The Labute approximate surface area is 233 Å². The molecule has 10 heteroatoms. The second-order valence-electron chi connectivity index (χ2n) is 9.98. The lowest BCUT2D eigenvalue weighted by Crippen LogP contribution is -2.43. The third kappa shape index (κ3) is 8.39. The minimum Gasteiger partial charge on any atom is -0.460 e. The highest BCUT2D eigenvalue weighted by molar-refractivity contribution is 8.15. The lowest BCUT2D eigenvalue weighted by Gasteiger charge is -2.25. The number of ether oxygens (including phenoxy) is 1. The summed E-state index contributed by atoms with van der Waals surface area (Å²) in [5.74, 6) is -0.997. The molecule has 2 amide bonds. The van der Waals surface area contributed by atoms with Gasteiger partial charge in [0.15, 0.2) is 5.17 Å². The maximum absolute atomic E-state index is 13.1. The van der Waals surface area contributed by atoms with Crippen molar-refractivity contribution >= 4 is 51.9 Å². The van der Waals surface area contributed by atoms with Gasteiger partial charge < -0.3 is 20.7 Å². The van der Waals surface area contributed by atoms with Crippen LogP contribution in [0.25, 0.3) is 0 Å². The van der Waals surface area contributed by atoms with E-state index in [1.54, 1.807) is 45.0 Å². The van der Waals surface area contributed by atoms with E-state index in [1.165, 1.54) is 11.8 Å². The average Bonchev–Trinajstić information content (AvgIpc) is 3.16. The molecule has 8 nitrogen and oxygen atoms in total. The number of aliphatic imine (C=N–C) groups is 1. The number of carbonyl (C=O) groups is 3. The van der Waals surface area contributed by atoms with Crippen LogP contribution in [0.3, 0.4) is 0 Å². The Bertz CT molecular complexity index is 1190. The molecule has 0 saturated carbocycles. The van der Waals surface area contributed by atoms with Gasteiger partial charge in [0.2, 0.25) is 5.91 Å². The first-order valence-electron chi connectivity index (χ1n) is 12.4. The summed E-state index contributed by atoms with van der Waals surface area (Å²) < 4.78 is 5.31. The number of esters is 1. The van der Waals surface area contributed by atoms with Crippen molar-refractivity contribution in [1.29, 1.82) is 0 Å². The standard InChI is InChI=1S/C28H34N4O4S2/c1-18-23(26(35)30-16-14-22(33)36-28(2,3)4)38-27(32(18)17-15-19-8-6-5-7-9-19)31-25(34)21-12-10-20(11-13-21)24(29)37/h5-13,18,23H,14-17H2,1-4H3,(H2,29,37)(H,30,35). The number of rotatable bonds is 9. The maximum atomic E-state index is 13.1. The number of benzene rings is 2. The summed E-state index contributed by atoms with van der Waals surface area (Å²) in [7, 11) is 0. The number of nitrogens with two attached hydrogens (primary N) is 1. The average molecular weight is 555 g/mol. The van der Waals surface area contributed by atoms with E-state index in [1.807, 2.05) is 42.2 Å². The van der Waals surface area contributed by atoms with Crippen molar-refractivity contribution in [2.24, 2.45) is 10.7 Å². The SMILES string of the molecule is CC1C(C(=O)NCCC(=O)OC(C)(C)C)SC(=NC(=O)c2ccc(C(N)=S)cc2)N1CCc1ccccc1. The fourth-order valence-electron chi connectivity index (χ4n) is 3.88. The number of nitrogens with zero attached hydrogens (tertiary/aromatic N) is 2. The van der Waals surface area contributed by atoms with Crippen molar-refractivity contribution in [3.8, 4) is 0 Å². The zero-order chi connectivity index (χ0) is 27.9. The first kappa shape index (κ1) is 29.3. The molecule has 2 atom stereocenters. The van der Waals surface area contributed by atoms with E-state index in [4.69, 9.17) is 22.7 Å². The summed E-state index contributed by atoms with van der Waals surface area (Å²) in [5, 5.41) is 2.83. The topological polar surface area (TPSA) is 114 Å². The fraction of sp³-hybridized carbons (Fsp3) is 0.393. The van der Waals surface area contributed by atoms with Crippen molar-refractivity contribution in [1.82, 2.24) is 10.2 Å². The second kappa shape index (κ2) is 13.0. The zero-order valence-electron chi connectivity index (χ0n) is 22.1. The first-order valence-corrected chi connectivity index (χ1v) is 13.7. The molecule has 1 saturated heterocycles. The van der Waals surface area contributed by atoms with Crippen molar-refractivity contribution in [2.75, 3.05) is 13.1 Å². The van der Waals surface area contributed by atoms with E-state index in [0.29, 0.717) is 22.8 Å². The minimum atomic E-state index is -0.579. The van der Waals surface area contributed by atoms with Gasteiger partial charge in [0, 0.05) is 30.3 Å². The fourth-order valence-corrected chi connectivity index (χ4v) is 5.31. The van der Waals surface area contributed by atoms with Crippen LogP contribution in [0, 0.1) is 0 Å². The summed E-state index contributed by atoms with van der Waals surface area (Å²) in [5.41, 5.74) is 7.29. The molecule has 1 fully saturated rings. The van der Waals surface area contributed by atoms with E-state index < -0.39 is 16.8 Å². The first-order chi connectivity index (χ1) is 17.9. The van der Waals surface area contributed by atoms with Crippen LogP contribution in [0.4, 0.5) is 0 Å². The van der Waals surface area contributed by atoms with Gasteiger partial charge in [-0.05, 0) is 51.8 Å². The number of amides is 2. The zero-order valence-corrected chi connectivity index (χ0v) is 23.7. The predicted octanol–water partition coefficient (Wildman–Crippen LogP) is 3.71. The summed E-state index contributed by atoms with van der Waals surface area (Å²) in [6.07, 6.45) is 0.808. The van der Waals surface area contributed by atoms with Crippen LogP contribution < -0.4 is 11.1 Å². The lowest BCUT2D eigenvalue weighted by molar-refractivity contribution is -0.154. The van der Waals surface area contributed by atoms with Crippen LogP contribution in [-0.4, -0.2) is 62.8 Å². The summed E-state index contributed by atoms with van der Waals surface area (Å²) in [6.45, 7) is 8.10. The Morgan fingerprint density at radius 1 is 1.08 bits per heavy atom. The maximum Gasteiger partial charge on any atom is 0.308 e. The predicted molar refractivity (Wildman–Crippen MR) is 155 cm³/mol. The van der Waals surface area contributed by atoms with Gasteiger partial charge in [-0.15, -0.1) is 0 Å². The molecule has 2 aromatic rings. The van der Waals surface area contributed by atoms with Crippen LogP contribution in [0.1, 0.15) is 55.6 Å². The third-order valence-electron chi connectivity index (χ3n) is 5.81. The van der Waals surface area contributed by atoms with E-state index in [9.17, 15) is 14.4 Å². The molecule has 1 heterocycles. The molecule has 38 heavy (non-hydrogen) atoms. The van der Waals surface area contributed by atoms with Gasteiger partial charge in [0.25, 0.3) is 5.91 Å². The Balaban J connectivity index is 1.73. The molecule has 1 aliphatic rings. The minimum absolute atomic E-state index is 0.0775. The van der Waals surface area contributed by atoms with Gasteiger partial charge >= 0.3 is 5.97 Å². The third-order valence-corrected chi connectivity index (χ3v) is 7.45. The van der Waals surface area contributed by atoms with E-state index >= 15 is 0 Å². The number of hydrogen-bond acceptors (Lipinski definition) is 6. The number of hydrogen-bond donors (Lipinski definition) is 2. The van der Waals surface area contributed by atoms with Crippen LogP contribution in [0.15, 0.2) is 59.6 Å². The van der Waals surface area contributed by atoms with Crippen LogP contribution in [0.5, 0.6) is 0 Å². The Kier molecular flexibility index (Phi) is 10.0. The van der Waals surface area contributed by atoms with Gasteiger partial charge in [-0.25, -0.2) is 0 Å². The second-order valence-corrected chi connectivity index (χ2v) is 11.5. The number of nitrogens with one attached hydrogen (secondary N) is 1. The number of carbonyl (C=O) groups excluding carboxylic acids is 3. The molecule has 0 aromatic heterocycles. The van der Waals surface area contributed by atoms with Crippen LogP contribution >= 0.6 is 24.0 Å². The molecule has 2 unspecified atom stereocenters. The lowest BCUT2D eigenvalue weighted by atomic mass is 10.1. The highest BCUT2D eigenvalue weighted by Gasteiger charge is 2.40. The molecule has 0 aliphatic carbocycles. The molecule has 3 N–H and O–H groups in total. The number of amidine groups is 1. The van der Waals surface area contributed by atoms with E-state index in [-0.39, 0.29) is 35.9 Å².